The predicted molar refractivity (Wildman–Crippen MR) is 115 cm³/mol. The number of H-pyrrole nitrogens is 1. The van der Waals surface area contributed by atoms with Crippen molar-refractivity contribution >= 4 is 22.7 Å². The maximum Gasteiger partial charge on any atom is 0.263 e. The largest absolute Gasteiger partial charge is 0.382 e. The van der Waals surface area contributed by atoms with E-state index in [1.54, 1.807) is 23.0 Å². The monoisotopic (exact) mass is 404 g/mol. The summed E-state index contributed by atoms with van der Waals surface area (Å²) in [5.74, 6) is 0.320. The fourth-order valence-electron chi connectivity index (χ4n) is 3.83. The van der Waals surface area contributed by atoms with E-state index < -0.39 is 0 Å². The number of halogens is 1. The van der Waals surface area contributed by atoms with Gasteiger partial charge in [-0.25, -0.2) is 9.07 Å². The van der Waals surface area contributed by atoms with Gasteiger partial charge in [0.25, 0.3) is 5.56 Å². The molecule has 3 heterocycles. The van der Waals surface area contributed by atoms with Crippen LogP contribution in [0.1, 0.15) is 12.8 Å². The van der Waals surface area contributed by atoms with E-state index in [1.807, 2.05) is 30.3 Å². The van der Waals surface area contributed by atoms with Gasteiger partial charge in [0, 0.05) is 24.8 Å². The Kier molecular flexibility index (Phi) is 4.66. The average molecular weight is 404 g/mol. The second kappa shape index (κ2) is 7.62. The molecule has 2 N–H and O–H groups in total. The Hall–Kier alpha value is -3.68. The zero-order valence-corrected chi connectivity index (χ0v) is 16.3. The number of piperidine rings is 1. The Labute approximate surface area is 172 Å². The number of anilines is 2. The Morgan fingerprint density at radius 1 is 1.03 bits per heavy atom. The molecule has 1 aliphatic rings. The third kappa shape index (κ3) is 3.52. The number of benzene rings is 2. The van der Waals surface area contributed by atoms with Crippen LogP contribution < -0.4 is 15.8 Å². The second-order valence-electron chi connectivity index (χ2n) is 7.43. The van der Waals surface area contributed by atoms with Gasteiger partial charge in [0.1, 0.15) is 11.2 Å². The maximum absolute atomic E-state index is 13.1. The van der Waals surface area contributed by atoms with Gasteiger partial charge in [0.2, 0.25) is 5.95 Å². The summed E-state index contributed by atoms with van der Waals surface area (Å²) in [7, 11) is 0. The van der Waals surface area contributed by atoms with Crippen molar-refractivity contribution in [2.45, 2.75) is 18.9 Å². The Balaban J connectivity index is 1.35. The van der Waals surface area contributed by atoms with Gasteiger partial charge in [-0.05, 0) is 49.2 Å². The van der Waals surface area contributed by atoms with Gasteiger partial charge in [-0.1, -0.05) is 18.2 Å². The zero-order chi connectivity index (χ0) is 20.5. The van der Waals surface area contributed by atoms with Crippen molar-refractivity contribution in [1.29, 1.82) is 0 Å². The molecule has 0 bridgehead atoms. The maximum atomic E-state index is 13.1. The molecule has 2 aromatic carbocycles. The molecule has 1 fully saturated rings. The van der Waals surface area contributed by atoms with Gasteiger partial charge in [-0.3, -0.25) is 9.78 Å². The first-order chi connectivity index (χ1) is 14.7. The number of nitrogens with one attached hydrogen (secondary N) is 2. The van der Waals surface area contributed by atoms with Gasteiger partial charge in [-0.15, -0.1) is 0 Å². The van der Waals surface area contributed by atoms with Gasteiger partial charge in [0.05, 0.1) is 11.9 Å². The van der Waals surface area contributed by atoms with Crippen molar-refractivity contribution in [2.75, 3.05) is 23.3 Å². The SMILES string of the molecule is O=c1[nH]c(N2CCC(Nc3ccc(F)cc3)CC2)nc2c1cnn2-c1ccccc1. The highest BCUT2D eigenvalue weighted by molar-refractivity contribution is 5.76. The lowest BCUT2D eigenvalue weighted by molar-refractivity contribution is 0.520. The number of para-hydroxylation sites is 1. The molecule has 0 saturated carbocycles. The number of aromatic amines is 1. The molecule has 0 spiro atoms. The van der Waals surface area contributed by atoms with Crippen molar-refractivity contribution in [1.82, 2.24) is 19.7 Å². The van der Waals surface area contributed by atoms with Crippen LogP contribution in [0.2, 0.25) is 0 Å². The number of hydrogen-bond acceptors (Lipinski definition) is 5. The van der Waals surface area contributed by atoms with Crippen LogP contribution in [-0.2, 0) is 0 Å². The number of nitrogens with zero attached hydrogens (tertiary/aromatic N) is 4. The highest BCUT2D eigenvalue weighted by atomic mass is 19.1. The summed E-state index contributed by atoms with van der Waals surface area (Å²) >= 11 is 0. The minimum Gasteiger partial charge on any atom is -0.382 e. The normalized spacial score (nSPS) is 14.9. The predicted octanol–water partition coefficient (Wildman–Crippen LogP) is 3.33. The van der Waals surface area contributed by atoms with Crippen LogP contribution in [0.4, 0.5) is 16.0 Å². The van der Waals surface area contributed by atoms with Crippen molar-refractivity contribution in [2.24, 2.45) is 0 Å². The summed E-state index contributed by atoms with van der Waals surface area (Å²) in [6, 6.07) is 16.4. The number of rotatable bonds is 4. The van der Waals surface area contributed by atoms with Crippen LogP contribution >= 0.6 is 0 Å². The number of fused-ring (bicyclic) bond motifs is 1. The number of hydrogen-bond donors (Lipinski definition) is 2. The lowest BCUT2D eigenvalue weighted by Crippen LogP contribution is -2.40. The van der Waals surface area contributed by atoms with Gasteiger partial charge >= 0.3 is 0 Å². The first-order valence-electron chi connectivity index (χ1n) is 9.98. The first kappa shape index (κ1) is 18.4. The molecule has 1 saturated heterocycles. The van der Waals surface area contributed by atoms with E-state index in [4.69, 9.17) is 4.98 Å². The highest BCUT2D eigenvalue weighted by Crippen LogP contribution is 2.21. The van der Waals surface area contributed by atoms with E-state index in [2.05, 4.69) is 20.3 Å². The third-order valence-corrected chi connectivity index (χ3v) is 5.44. The molecule has 0 atom stereocenters. The van der Waals surface area contributed by atoms with Crippen LogP contribution in [0.25, 0.3) is 16.7 Å². The topological polar surface area (TPSA) is 78.8 Å². The molecular formula is C22H21FN6O. The molecule has 0 radical (unpaired) electrons. The van der Waals surface area contributed by atoms with Crippen molar-refractivity contribution in [3.8, 4) is 5.69 Å². The highest BCUT2D eigenvalue weighted by Gasteiger charge is 2.22. The smallest absolute Gasteiger partial charge is 0.263 e. The fourth-order valence-corrected chi connectivity index (χ4v) is 3.83. The summed E-state index contributed by atoms with van der Waals surface area (Å²) in [4.78, 5) is 22.3. The van der Waals surface area contributed by atoms with Crippen molar-refractivity contribution in [3.63, 3.8) is 0 Å². The Bertz CT molecular complexity index is 1210. The standard InChI is InChI=1S/C22H21FN6O/c23-15-6-8-16(9-7-15)25-17-10-12-28(13-11-17)22-26-20-19(21(30)27-22)14-24-29(20)18-4-2-1-3-5-18/h1-9,14,17,25H,10-13H2,(H,26,27,30). The molecule has 7 nitrogen and oxygen atoms in total. The molecular weight excluding hydrogens is 383 g/mol. The van der Waals surface area contributed by atoms with Crippen LogP contribution in [-0.4, -0.2) is 38.9 Å². The molecule has 1 aliphatic heterocycles. The minimum atomic E-state index is -0.240. The fraction of sp³-hybridized carbons (Fsp3) is 0.227. The molecule has 0 unspecified atom stereocenters. The Morgan fingerprint density at radius 3 is 2.50 bits per heavy atom. The van der Waals surface area contributed by atoms with Crippen molar-refractivity contribution in [3.05, 3.63) is 77.0 Å². The van der Waals surface area contributed by atoms with Crippen LogP contribution in [0, 0.1) is 5.82 Å². The second-order valence-corrected chi connectivity index (χ2v) is 7.43. The summed E-state index contributed by atoms with van der Waals surface area (Å²) in [6.45, 7) is 1.51. The molecule has 8 heteroatoms. The minimum absolute atomic E-state index is 0.191. The van der Waals surface area contributed by atoms with E-state index in [-0.39, 0.29) is 17.4 Å². The molecule has 4 aromatic rings. The van der Waals surface area contributed by atoms with E-state index >= 15 is 0 Å². The summed E-state index contributed by atoms with van der Waals surface area (Å²) < 4.78 is 14.8. The van der Waals surface area contributed by atoms with Crippen LogP contribution in [0.15, 0.2) is 65.6 Å². The average Bonchev–Trinajstić information content (AvgIpc) is 3.21. The van der Waals surface area contributed by atoms with Crippen molar-refractivity contribution < 1.29 is 4.39 Å². The quantitative estimate of drug-likeness (QED) is 0.546. The third-order valence-electron chi connectivity index (χ3n) is 5.44. The van der Waals surface area contributed by atoms with Gasteiger partial charge in [-0.2, -0.15) is 10.1 Å². The van der Waals surface area contributed by atoms with E-state index in [1.165, 1.54) is 12.1 Å². The summed E-state index contributed by atoms with van der Waals surface area (Å²) in [5, 5.41) is 8.27. The van der Waals surface area contributed by atoms with Crippen LogP contribution in [0.5, 0.6) is 0 Å². The van der Waals surface area contributed by atoms with Gasteiger partial charge in [0.15, 0.2) is 5.65 Å². The molecule has 152 valence electrons. The summed E-state index contributed by atoms with van der Waals surface area (Å²) in [6.07, 6.45) is 3.32. The van der Waals surface area contributed by atoms with E-state index in [0.717, 1.165) is 37.3 Å². The van der Waals surface area contributed by atoms with E-state index in [0.29, 0.717) is 17.0 Å². The molecule has 2 aromatic heterocycles. The zero-order valence-electron chi connectivity index (χ0n) is 16.3. The molecule has 30 heavy (non-hydrogen) atoms. The molecule has 0 aliphatic carbocycles. The Morgan fingerprint density at radius 2 is 1.77 bits per heavy atom. The van der Waals surface area contributed by atoms with Crippen LogP contribution in [0.3, 0.4) is 0 Å². The lowest BCUT2D eigenvalue weighted by Gasteiger charge is -2.33. The molecule has 5 rings (SSSR count). The first-order valence-corrected chi connectivity index (χ1v) is 9.98. The molecule has 0 amide bonds. The van der Waals surface area contributed by atoms with E-state index in [9.17, 15) is 9.18 Å². The van der Waals surface area contributed by atoms with Gasteiger partial charge < -0.3 is 10.2 Å². The number of aromatic nitrogens is 4. The lowest BCUT2D eigenvalue weighted by atomic mass is 10.0. The summed E-state index contributed by atoms with van der Waals surface area (Å²) in [5.41, 5.74) is 2.13.